The van der Waals surface area contributed by atoms with E-state index in [0.29, 0.717) is 6.61 Å². The van der Waals surface area contributed by atoms with E-state index in [-0.39, 0.29) is 13.0 Å². The van der Waals surface area contributed by atoms with Gasteiger partial charge in [-0.25, -0.2) is 4.79 Å². The van der Waals surface area contributed by atoms with Gasteiger partial charge in [-0.3, -0.25) is 0 Å². The molecule has 0 amide bonds. The zero-order valence-electron chi connectivity index (χ0n) is 7.79. The summed E-state index contributed by atoms with van der Waals surface area (Å²) in [4.78, 5) is 11.0. The summed E-state index contributed by atoms with van der Waals surface area (Å²) in [6.45, 7) is 3.74. The van der Waals surface area contributed by atoms with Crippen molar-refractivity contribution in [3.05, 3.63) is 0 Å². The van der Waals surface area contributed by atoms with Gasteiger partial charge in [0, 0.05) is 20.1 Å². The topological polar surface area (TPSA) is 55.8 Å². The van der Waals surface area contributed by atoms with Crippen LogP contribution in [0.1, 0.15) is 20.3 Å². The average molecular weight is 176 g/mol. The highest BCUT2D eigenvalue weighted by Gasteiger charge is 2.31. The Morgan fingerprint density at radius 1 is 1.58 bits per heavy atom. The number of carbonyl (C=O) groups excluding carboxylic acids is 1. The second-order valence-electron chi connectivity index (χ2n) is 2.74. The molecule has 0 fully saturated rings. The van der Waals surface area contributed by atoms with Gasteiger partial charge in [-0.2, -0.15) is 0 Å². The van der Waals surface area contributed by atoms with Gasteiger partial charge in [0.2, 0.25) is 0 Å². The quantitative estimate of drug-likeness (QED) is 0.613. The fourth-order valence-corrected chi connectivity index (χ4v) is 0.689. The van der Waals surface area contributed by atoms with Crippen LogP contribution >= 0.6 is 0 Å². The molecule has 0 aliphatic rings. The molecule has 1 unspecified atom stereocenters. The summed E-state index contributed by atoms with van der Waals surface area (Å²) in [7, 11) is 1.52. The van der Waals surface area contributed by atoms with Gasteiger partial charge >= 0.3 is 5.97 Å². The fraction of sp³-hybridized carbons (Fsp3) is 0.875. The first-order valence-electron chi connectivity index (χ1n) is 3.93. The van der Waals surface area contributed by atoms with Crippen LogP contribution in [-0.4, -0.2) is 37.0 Å². The number of methoxy groups -OCH3 is 1. The van der Waals surface area contributed by atoms with Crippen molar-refractivity contribution in [3.63, 3.8) is 0 Å². The highest BCUT2D eigenvalue weighted by atomic mass is 16.5. The normalized spacial score (nSPS) is 15.3. The third-order valence-electron chi connectivity index (χ3n) is 1.51. The SMILES string of the molecule is CCOC(=O)C(C)(O)CCOC. The molecule has 0 aliphatic heterocycles. The molecule has 0 radical (unpaired) electrons. The van der Waals surface area contributed by atoms with Crippen molar-refractivity contribution in [1.82, 2.24) is 0 Å². The second kappa shape index (κ2) is 5.11. The number of ether oxygens (including phenoxy) is 2. The molecule has 0 saturated carbocycles. The molecule has 4 nitrogen and oxygen atoms in total. The first-order valence-corrected chi connectivity index (χ1v) is 3.93. The van der Waals surface area contributed by atoms with E-state index >= 15 is 0 Å². The third kappa shape index (κ3) is 3.69. The molecule has 0 saturated heterocycles. The first-order chi connectivity index (χ1) is 5.54. The summed E-state index contributed by atoms with van der Waals surface area (Å²) in [6, 6.07) is 0. The predicted octanol–water partition coefficient (Wildman–Crippen LogP) is 0.337. The van der Waals surface area contributed by atoms with Crippen molar-refractivity contribution in [2.24, 2.45) is 0 Å². The number of esters is 1. The lowest BCUT2D eigenvalue weighted by atomic mass is 10.0. The van der Waals surface area contributed by atoms with E-state index in [2.05, 4.69) is 4.74 Å². The van der Waals surface area contributed by atoms with E-state index in [0.717, 1.165) is 0 Å². The molecule has 1 N–H and O–H groups in total. The summed E-state index contributed by atoms with van der Waals surface area (Å²) in [5.74, 6) is -0.595. The Hall–Kier alpha value is -0.610. The van der Waals surface area contributed by atoms with E-state index in [1.807, 2.05) is 0 Å². The van der Waals surface area contributed by atoms with Crippen molar-refractivity contribution in [1.29, 1.82) is 0 Å². The van der Waals surface area contributed by atoms with Crippen LogP contribution in [0.15, 0.2) is 0 Å². The lowest BCUT2D eigenvalue weighted by Gasteiger charge is -2.19. The van der Waals surface area contributed by atoms with Gasteiger partial charge in [0.25, 0.3) is 0 Å². The smallest absolute Gasteiger partial charge is 0.337 e. The lowest BCUT2D eigenvalue weighted by Crippen LogP contribution is -2.37. The molecule has 4 heteroatoms. The van der Waals surface area contributed by atoms with Crippen LogP contribution < -0.4 is 0 Å². The van der Waals surface area contributed by atoms with Crippen LogP contribution in [0.3, 0.4) is 0 Å². The van der Waals surface area contributed by atoms with Crippen LogP contribution in [0.5, 0.6) is 0 Å². The van der Waals surface area contributed by atoms with Gasteiger partial charge in [-0.1, -0.05) is 0 Å². The summed E-state index contributed by atoms with van der Waals surface area (Å²) < 4.78 is 9.40. The standard InChI is InChI=1S/C8H16O4/c1-4-12-7(9)8(2,10)5-6-11-3/h10H,4-6H2,1-3H3. The molecule has 12 heavy (non-hydrogen) atoms. The van der Waals surface area contributed by atoms with Crippen LogP contribution in [0, 0.1) is 0 Å². The molecule has 1 atom stereocenters. The number of rotatable bonds is 5. The van der Waals surface area contributed by atoms with Crippen molar-refractivity contribution in [3.8, 4) is 0 Å². The van der Waals surface area contributed by atoms with Gasteiger partial charge in [-0.05, 0) is 13.8 Å². The molecule has 72 valence electrons. The zero-order valence-corrected chi connectivity index (χ0v) is 7.79. The maximum atomic E-state index is 11.0. The Morgan fingerprint density at radius 2 is 2.17 bits per heavy atom. The van der Waals surface area contributed by atoms with E-state index in [4.69, 9.17) is 4.74 Å². The molecule has 0 spiro atoms. The molecule has 0 aromatic heterocycles. The van der Waals surface area contributed by atoms with Gasteiger partial charge < -0.3 is 14.6 Å². The van der Waals surface area contributed by atoms with Crippen LogP contribution in [0.2, 0.25) is 0 Å². The number of hydrogen-bond acceptors (Lipinski definition) is 4. The van der Waals surface area contributed by atoms with Gasteiger partial charge in [0.15, 0.2) is 5.60 Å². The van der Waals surface area contributed by atoms with Gasteiger partial charge in [0.1, 0.15) is 0 Å². The molecule has 0 aliphatic carbocycles. The van der Waals surface area contributed by atoms with E-state index in [1.165, 1.54) is 14.0 Å². The summed E-state index contributed by atoms with van der Waals surface area (Å²) in [5, 5.41) is 9.49. The Bertz CT molecular complexity index is 142. The zero-order chi connectivity index (χ0) is 9.61. The fourth-order valence-electron chi connectivity index (χ4n) is 0.689. The molecule has 0 aromatic rings. The highest BCUT2D eigenvalue weighted by molar-refractivity contribution is 5.78. The average Bonchev–Trinajstić information content (AvgIpc) is 2.01. The van der Waals surface area contributed by atoms with Crippen molar-refractivity contribution in [2.75, 3.05) is 20.3 Å². The predicted molar refractivity (Wildman–Crippen MR) is 43.7 cm³/mol. The van der Waals surface area contributed by atoms with Crippen LogP contribution in [0.4, 0.5) is 0 Å². The summed E-state index contributed by atoms with van der Waals surface area (Å²) in [5.41, 5.74) is -1.42. The van der Waals surface area contributed by atoms with Gasteiger partial charge in [-0.15, -0.1) is 0 Å². The minimum atomic E-state index is -1.42. The molecular weight excluding hydrogens is 160 g/mol. The molecule has 0 rings (SSSR count). The maximum absolute atomic E-state index is 11.0. The van der Waals surface area contributed by atoms with Gasteiger partial charge in [0.05, 0.1) is 6.61 Å². The Morgan fingerprint density at radius 3 is 2.58 bits per heavy atom. The number of carbonyl (C=O) groups is 1. The number of aliphatic hydroxyl groups is 1. The Balaban J connectivity index is 3.90. The van der Waals surface area contributed by atoms with Crippen molar-refractivity contribution < 1.29 is 19.4 Å². The molecular formula is C8H16O4. The summed E-state index contributed by atoms with van der Waals surface area (Å²) in [6.07, 6.45) is 0.252. The minimum Gasteiger partial charge on any atom is -0.464 e. The minimum absolute atomic E-state index is 0.252. The number of hydrogen-bond donors (Lipinski definition) is 1. The Kier molecular flexibility index (Phi) is 4.85. The van der Waals surface area contributed by atoms with Crippen LogP contribution in [-0.2, 0) is 14.3 Å². The van der Waals surface area contributed by atoms with E-state index < -0.39 is 11.6 Å². The largest absolute Gasteiger partial charge is 0.464 e. The lowest BCUT2D eigenvalue weighted by molar-refractivity contribution is -0.164. The first kappa shape index (κ1) is 11.4. The second-order valence-corrected chi connectivity index (χ2v) is 2.74. The Labute approximate surface area is 72.5 Å². The summed E-state index contributed by atoms with van der Waals surface area (Å²) >= 11 is 0. The highest BCUT2D eigenvalue weighted by Crippen LogP contribution is 2.11. The van der Waals surface area contributed by atoms with E-state index in [1.54, 1.807) is 6.92 Å². The molecule has 0 aromatic carbocycles. The van der Waals surface area contributed by atoms with Crippen molar-refractivity contribution in [2.45, 2.75) is 25.9 Å². The maximum Gasteiger partial charge on any atom is 0.337 e. The van der Waals surface area contributed by atoms with Crippen LogP contribution in [0.25, 0.3) is 0 Å². The molecule has 0 heterocycles. The van der Waals surface area contributed by atoms with Crippen molar-refractivity contribution >= 4 is 5.97 Å². The van der Waals surface area contributed by atoms with E-state index in [9.17, 15) is 9.90 Å². The third-order valence-corrected chi connectivity index (χ3v) is 1.51. The molecule has 0 bridgehead atoms. The monoisotopic (exact) mass is 176 g/mol.